The fourth-order valence-electron chi connectivity index (χ4n) is 2.66. The van der Waals surface area contributed by atoms with Crippen LogP contribution in [-0.4, -0.2) is 10.9 Å². The highest BCUT2D eigenvalue weighted by molar-refractivity contribution is 6.30. The van der Waals surface area contributed by atoms with Crippen molar-refractivity contribution in [2.75, 3.05) is 0 Å². The van der Waals surface area contributed by atoms with Gasteiger partial charge in [0.15, 0.2) is 0 Å². The van der Waals surface area contributed by atoms with E-state index in [4.69, 9.17) is 11.6 Å². The highest BCUT2D eigenvalue weighted by Crippen LogP contribution is 2.22. The van der Waals surface area contributed by atoms with Gasteiger partial charge in [0.2, 0.25) is 5.91 Å². The van der Waals surface area contributed by atoms with Crippen molar-refractivity contribution in [2.24, 2.45) is 0 Å². The summed E-state index contributed by atoms with van der Waals surface area (Å²) in [6, 6.07) is 19.1. The Morgan fingerprint density at radius 1 is 1.04 bits per heavy atom. The Morgan fingerprint density at radius 2 is 1.76 bits per heavy atom. The number of hydrogen-bond donors (Lipinski definition) is 1. The van der Waals surface area contributed by atoms with Gasteiger partial charge in [0, 0.05) is 17.4 Å². The number of aryl methyl sites for hydroxylation is 1. The zero-order valence-electron chi connectivity index (χ0n) is 13.9. The second-order valence-electron chi connectivity index (χ2n) is 6.00. The molecular formula is C21H19ClN2O. The molecule has 1 atom stereocenters. The molecule has 0 spiro atoms. The monoisotopic (exact) mass is 350 g/mol. The third-order valence-electron chi connectivity index (χ3n) is 4.01. The first kappa shape index (κ1) is 17.2. The number of aromatic nitrogens is 1. The Kier molecular flexibility index (Phi) is 5.46. The number of benzene rings is 2. The van der Waals surface area contributed by atoms with E-state index < -0.39 is 0 Å². The molecule has 3 nitrogen and oxygen atoms in total. The van der Waals surface area contributed by atoms with Crippen LogP contribution in [0.15, 0.2) is 73.1 Å². The standard InChI is InChI=1S/C21H19ClN2O/c1-15-4-8-17(9-5-15)21(18-3-2-12-23-14-18)24-20(25)13-16-6-10-19(22)11-7-16/h2-12,14,21H,13H2,1H3,(H,24,25)/t21-/m1/s1. The Hall–Kier alpha value is -2.65. The highest BCUT2D eigenvalue weighted by atomic mass is 35.5. The average Bonchev–Trinajstić information content (AvgIpc) is 2.63. The fourth-order valence-corrected chi connectivity index (χ4v) is 2.79. The lowest BCUT2D eigenvalue weighted by atomic mass is 9.98. The van der Waals surface area contributed by atoms with Crippen LogP contribution in [0.4, 0.5) is 0 Å². The molecule has 1 heterocycles. The van der Waals surface area contributed by atoms with Gasteiger partial charge < -0.3 is 5.32 Å². The summed E-state index contributed by atoms with van der Waals surface area (Å²) in [5, 5.41) is 3.78. The van der Waals surface area contributed by atoms with Crippen molar-refractivity contribution in [2.45, 2.75) is 19.4 Å². The number of amides is 1. The van der Waals surface area contributed by atoms with Gasteiger partial charge >= 0.3 is 0 Å². The molecule has 0 aliphatic carbocycles. The first-order valence-corrected chi connectivity index (χ1v) is 8.50. The molecule has 0 aliphatic heterocycles. The number of nitrogens with zero attached hydrogens (tertiary/aromatic N) is 1. The summed E-state index contributed by atoms with van der Waals surface area (Å²) in [6.07, 6.45) is 3.82. The van der Waals surface area contributed by atoms with Crippen LogP contribution < -0.4 is 5.32 Å². The minimum atomic E-state index is -0.228. The van der Waals surface area contributed by atoms with Crippen LogP contribution >= 0.6 is 11.6 Å². The Morgan fingerprint density at radius 3 is 2.40 bits per heavy atom. The highest BCUT2D eigenvalue weighted by Gasteiger charge is 2.17. The fraction of sp³-hybridized carbons (Fsp3) is 0.143. The van der Waals surface area contributed by atoms with E-state index in [0.717, 1.165) is 16.7 Å². The SMILES string of the molecule is Cc1ccc([C@@H](NC(=O)Cc2ccc(Cl)cc2)c2cccnc2)cc1. The van der Waals surface area contributed by atoms with Crippen LogP contribution in [-0.2, 0) is 11.2 Å². The van der Waals surface area contributed by atoms with Crippen LogP contribution in [0.25, 0.3) is 0 Å². The third-order valence-corrected chi connectivity index (χ3v) is 4.26. The molecule has 1 amide bonds. The smallest absolute Gasteiger partial charge is 0.225 e. The van der Waals surface area contributed by atoms with Gasteiger partial charge in [-0.3, -0.25) is 9.78 Å². The minimum Gasteiger partial charge on any atom is -0.345 e. The van der Waals surface area contributed by atoms with E-state index in [9.17, 15) is 4.79 Å². The van der Waals surface area contributed by atoms with Crippen molar-refractivity contribution in [3.05, 3.63) is 100 Å². The zero-order valence-corrected chi connectivity index (χ0v) is 14.7. The molecule has 126 valence electrons. The maximum atomic E-state index is 12.6. The van der Waals surface area contributed by atoms with Crippen molar-refractivity contribution in [3.8, 4) is 0 Å². The molecular weight excluding hydrogens is 332 g/mol. The second kappa shape index (κ2) is 7.95. The summed E-state index contributed by atoms with van der Waals surface area (Å²) in [5.41, 5.74) is 4.09. The summed E-state index contributed by atoms with van der Waals surface area (Å²) in [7, 11) is 0. The van der Waals surface area contributed by atoms with Gasteiger partial charge in [0.1, 0.15) is 0 Å². The maximum Gasteiger partial charge on any atom is 0.225 e. The summed E-state index contributed by atoms with van der Waals surface area (Å²) < 4.78 is 0. The number of halogens is 1. The van der Waals surface area contributed by atoms with E-state index in [1.165, 1.54) is 5.56 Å². The lowest BCUT2D eigenvalue weighted by Gasteiger charge is -2.20. The normalized spacial score (nSPS) is 11.8. The lowest BCUT2D eigenvalue weighted by Crippen LogP contribution is -2.30. The van der Waals surface area contributed by atoms with Crippen molar-refractivity contribution >= 4 is 17.5 Å². The largest absolute Gasteiger partial charge is 0.345 e. The van der Waals surface area contributed by atoms with Gasteiger partial charge in [-0.15, -0.1) is 0 Å². The summed E-state index contributed by atoms with van der Waals surface area (Å²) in [4.78, 5) is 16.7. The van der Waals surface area contributed by atoms with E-state index in [1.807, 2.05) is 55.5 Å². The molecule has 3 aromatic rings. The van der Waals surface area contributed by atoms with Gasteiger partial charge in [0.05, 0.1) is 12.5 Å². The molecule has 1 N–H and O–H groups in total. The van der Waals surface area contributed by atoms with E-state index in [0.29, 0.717) is 11.4 Å². The molecule has 1 aromatic heterocycles. The van der Waals surface area contributed by atoms with Crippen molar-refractivity contribution in [3.63, 3.8) is 0 Å². The Labute approximate surface area is 152 Å². The molecule has 3 rings (SSSR count). The van der Waals surface area contributed by atoms with Crippen LogP contribution in [0, 0.1) is 6.92 Å². The number of carbonyl (C=O) groups excluding carboxylic acids is 1. The molecule has 0 saturated heterocycles. The van der Waals surface area contributed by atoms with Crippen molar-refractivity contribution in [1.29, 1.82) is 0 Å². The van der Waals surface area contributed by atoms with Crippen molar-refractivity contribution in [1.82, 2.24) is 10.3 Å². The lowest BCUT2D eigenvalue weighted by molar-refractivity contribution is -0.120. The van der Waals surface area contributed by atoms with Gasteiger partial charge in [-0.25, -0.2) is 0 Å². The molecule has 2 aromatic carbocycles. The first-order chi connectivity index (χ1) is 12.1. The molecule has 0 radical (unpaired) electrons. The van der Waals surface area contributed by atoms with Crippen LogP contribution in [0.3, 0.4) is 0 Å². The molecule has 0 saturated carbocycles. The Bertz CT molecular complexity index is 830. The quantitative estimate of drug-likeness (QED) is 0.736. The van der Waals surface area contributed by atoms with Crippen molar-refractivity contribution < 1.29 is 4.79 Å². The van der Waals surface area contributed by atoms with E-state index >= 15 is 0 Å². The molecule has 25 heavy (non-hydrogen) atoms. The van der Waals surface area contributed by atoms with Crippen LogP contribution in [0.5, 0.6) is 0 Å². The average molecular weight is 351 g/mol. The zero-order chi connectivity index (χ0) is 17.6. The molecule has 0 bridgehead atoms. The summed E-state index contributed by atoms with van der Waals surface area (Å²) in [5.74, 6) is -0.0447. The molecule has 4 heteroatoms. The minimum absolute atomic E-state index is 0.0447. The molecule has 0 unspecified atom stereocenters. The number of rotatable bonds is 5. The topological polar surface area (TPSA) is 42.0 Å². The number of pyridine rings is 1. The van der Waals surface area contributed by atoms with Crippen LogP contribution in [0.1, 0.15) is 28.3 Å². The third kappa shape index (κ3) is 4.68. The summed E-state index contributed by atoms with van der Waals surface area (Å²) in [6.45, 7) is 2.04. The molecule has 0 aliphatic rings. The van der Waals surface area contributed by atoms with E-state index in [1.54, 1.807) is 24.5 Å². The van der Waals surface area contributed by atoms with Gasteiger partial charge in [-0.1, -0.05) is 59.6 Å². The van der Waals surface area contributed by atoms with E-state index in [-0.39, 0.29) is 11.9 Å². The second-order valence-corrected chi connectivity index (χ2v) is 6.44. The van der Waals surface area contributed by atoms with Gasteiger partial charge in [-0.2, -0.15) is 0 Å². The van der Waals surface area contributed by atoms with Crippen LogP contribution in [0.2, 0.25) is 5.02 Å². The Balaban J connectivity index is 1.81. The predicted molar refractivity (Wildman–Crippen MR) is 101 cm³/mol. The summed E-state index contributed by atoms with van der Waals surface area (Å²) >= 11 is 5.90. The number of carbonyl (C=O) groups is 1. The van der Waals surface area contributed by atoms with Gasteiger partial charge in [0.25, 0.3) is 0 Å². The maximum absolute atomic E-state index is 12.6. The van der Waals surface area contributed by atoms with E-state index in [2.05, 4.69) is 10.3 Å². The van der Waals surface area contributed by atoms with Gasteiger partial charge in [-0.05, 0) is 41.8 Å². The first-order valence-electron chi connectivity index (χ1n) is 8.12. The predicted octanol–water partition coefficient (Wildman–Crippen LogP) is 4.49. The number of hydrogen-bond acceptors (Lipinski definition) is 2. The number of nitrogens with one attached hydrogen (secondary N) is 1. The molecule has 0 fully saturated rings.